The first-order chi connectivity index (χ1) is 16.3. The van der Waals surface area contributed by atoms with Crippen LogP contribution in [0.25, 0.3) is 0 Å². The number of nitrogens with one attached hydrogen (secondary N) is 3. The standard InChI is InChI=1S/C26H42N4O5/c1-15(2)12-20(28-21(26(34)35)13-16(3)4)24(32)30-22(17(5)6)25(33)29-19(23(27)31)14-18-10-8-7-9-11-18/h7-11,15-17,19-22,28H,12-14H2,1-6H3,(H2,27,31)(H,29,33)(H,30,32)(H,34,35)/t19-,20-,21?,22-/m0/s1. The van der Waals surface area contributed by atoms with Crippen molar-refractivity contribution in [2.24, 2.45) is 23.5 Å². The zero-order valence-electron chi connectivity index (χ0n) is 21.7. The maximum atomic E-state index is 13.2. The van der Waals surface area contributed by atoms with Gasteiger partial charge in [-0.2, -0.15) is 0 Å². The molecule has 1 aromatic carbocycles. The van der Waals surface area contributed by atoms with Crippen LogP contribution in [0.3, 0.4) is 0 Å². The fourth-order valence-corrected chi connectivity index (χ4v) is 3.80. The van der Waals surface area contributed by atoms with Gasteiger partial charge in [-0.25, -0.2) is 0 Å². The molecule has 0 aliphatic carbocycles. The monoisotopic (exact) mass is 490 g/mol. The Balaban J connectivity index is 3.01. The molecule has 4 atom stereocenters. The molecular formula is C26H42N4O5. The molecule has 0 fully saturated rings. The number of carbonyl (C=O) groups is 4. The summed E-state index contributed by atoms with van der Waals surface area (Å²) in [5.74, 6) is -2.72. The van der Waals surface area contributed by atoms with Gasteiger partial charge in [0.15, 0.2) is 0 Å². The van der Waals surface area contributed by atoms with Gasteiger partial charge >= 0.3 is 5.97 Å². The lowest BCUT2D eigenvalue weighted by Crippen LogP contribution is -2.59. The van der Waals surface area contributed by atoms with E-state index in [0.29, 0.717) is 12.8 Å². The van der Waals surface area contributed by atoms with E-state index in [2.05, 4.69) is 16.0 Å². The Morgan fingerprint density at radius 1 is 0.800 bits per heavy atom. The molecule has 0 saturated heterocycles. The number of amides is 3. The number of primary amides is 1. The van der Waals surface area contributed by atoms with Gasteiger partial charge in [0, 0.05) is 6.42 Å². The molecular weight excluding hydrogens is 448 g/mol. The van der Waals surface area contributed by atoms with Gasteiger partial charge in [0.25, 0.3) is 0 Å². The SMILES string of the molecule is CC(C)CC(N[C@@H](CC(C)C)C(=O)N[C@H](C(=O)N[C@@H](Cc1ccccc1)C(N)=O)C(C)C)C(=O)O. The zero-order valence-corrected chi connectivity index (χ0v) is 21.7. The molecule has 196 valence electrons. The first-order valence-corrected chi connectivity index (χ1v) is 12.2. The number of rotatable bonds is 15. The highest BCUT2D eigenvalue weighted by atomic mass is 16.4. The lowest BCUT2D eigenvalue weighted by molar-refractivity contribution is -0.141. The minimum Gasteiger partial charge on any atom is -0.480 e. The van der Waals surface area contributed by atoms with E-state index in [1.54, 1.807) is 13.8 Å². The van der Waals surface area contributed by atoms with E-state index < -0.39 is 47.9 Å². The third-order valence-corrected chi connectivity index (χ3v) is 5.62. The van der Waals surface area contributed by atoms with Crippen molar-refractivity contribution in [2.45, 2.75) is 85.0 Å². The summed E-state index contributed by atoms with van der Waals surface area (Å²) in [4.78, 5) is 50.1. The van der Waals surface area contributed by atoms with Gasteiger partial charge in [-0.15, -0.1) is 0 Å². The molecule has 0 radical (unpaired) electrons. The predicted octanol–water partition coefficient (Wildman–Crippen LogP) is 1.84. The van der Waals surface area contributed by atoms with E-state index in [4.69, 9.17) is 5.73 Å². The summed E-state index contributed by atoms with van der Waals surface area (Å²) < 4.78 is 0. The summed E-state index contributed by atoms with van der Waals surface area (Å²) in [6, 6.07) is 5.64. The van der Waals surface area contributed by atoms with E-state index >= 15 is 0 Å². The van der Waals surface area contributed by atoms with E-state index in [0.717, 1.165) is 5.56 Å². The second-order valence-electron chi connectivity index (χ2n) is 10.3. The number of nitrogens with two attached hydrogens (primary N) is 1. The Morgan fingerprint density at radius 2 is 1.34 bits per heavy atom. The van der Waals surface area contributed by atoms with Crippen molar-refractivity contribution in [1.82, 2.24) is 16.0 Å². The van der Waals surface area contributed by atoms with E-state index in [-0.39, 0.29) is 24.2 Å². The number of carboxylic acid groups (broad SMARTS) is 1. The van der Waals surface area contributed by atoms with Crippen molar-refractivity contribution in [3.8, 4) is 0 Å². The summed E-state index contributed by atoms with van der Waals surface area (Å²) in [6.07, 6.45) is 0.997. The van der Waals surface area contributed by atoms with E-state index in [9.17, 15) is 24.3 Å². The highest BCUT2D eigenvalue weighted by molar-refractivity contribution is 5.93. The van der Waals surface area contributed by atoms with E-state index in [1.807, 2.05) is 58.0 Å². The van der Waals surface area contributed by atoms with Crippen molar-refractivity contribution in [3.05, 3.63) is 35.9 Å². The molecule has 6 N–H and O–H groups in total. The molecule has 0 heterocycles. The quantitative estimate of drug-likeness (QED) is 0.253. The molecule has 35 heavy (non-hydrogen) atoms. The first-order valence-electron chi connectivity index (χ1n) is 12.2. The van der Waals surface area contributed by atoms with Crippen molar-refractivity contribution in [1.29, 1.82) is 0 Å². The minimum atomic E-state index is -1.02. The van der Waals surface area contributed by atoms with Crippen molar-refractivity contribution < 1.29 is 24.3 Å². The molecule has 0 aromatic heterocycles. The molecule has 1 rings (SSSR count). The molecule has 9 nitrogen and oxygen atoms in total. The van der Waals surface area contributed by atoms with Gasteiger partial charge in [0.05, 0.1) is 6.04 Å². The third kappa shape index (κ3) is 10.9. The van der Waals surface area contributed by atoms with Crippen LogP contribution >= 0.6 is 0 Å². The second-order valence-corrected chi connectivity index (χ2v) is 10.3. The number of hydrogen-bond donors (Lipinski definition) is 5. The Bertz CT molecular complexity index is 841. The Labute approximate surface area is 208 Å². The Hall–Kier alpha value is -2.94. The van der Waals surface area contributed by atoms with Crippen LogP contribution in [0.4, 0.5) is 0 Å². The average Bonchev–Trinajstić information content (AvgIpc) is 2.75. The Kier molecular flexibility index (Phi) is 12.4. The largest absolute Gasteiger partial charge is 0.480 e. The Morgan fingerprint density at radius 3 is 1.80 bits per heavy atom. The smallest absolute Gasteiger partial charge is 0.320 e. The summed E-state index contributed by atoms with van der Waals surface area (Å²) in [5.41, 5.74) is 6.37. The van der Waals surface area contributed by atoms with Gasteiger partial charge in [0.2, 0.25) is 17.7 Å². The molecule has 0 spiro atoms. The van der Waals surface area contributed by atoms with Crippen LogP contribution in [0.5, 0.6) is 0 Å². The van der Waals surface area contributed by atoms with Crippen LogP contribution in [0, 0.1) is 17.8 Å². The van der Waals surface area contributed by atoms with Crippen molar-refractivity contribution in [2.75, 3.05) is 0 Å². The molecule has 0 saturated carbocycles. The molecule has 1 aromatic rings. The molecule has 0 bridgehead atoms. The van der Waals surface area contributed by atoms with Gasteiger partial charge in [-0.1, -0.05) is 71.9 Å². The van der Waals surface area contributed by atoms with Crippen LogP contribution in [0.15, 0.2) is 30.3 Å². The normalized spacial score (nSPS) is 14.9. The van der Waals surface area contributed by atoms with E-state index in [1.165, 1.54) is 0 Å². The number of hydrogen-bond acceptors (Lipinski definition) is 5. The number of aliphatic carboxylic acids is 1. The molecule has 0 aliphatic heterocycles. The number of carboxylic acids is 1. The van der Waals surface area contributed by atoms with Crippen LogP contribution in [0.2, 0.25) is 0 Å². The third-order valence-electron chi connectivity index (χ3n) is 5.62. The number of benzene rings is 1. The molecule has 9 heteroatoms. The average molecular weight is 491 g/mol. The van der Waals surface area contributed by atoms with Gasteiger partial charge in [0.1, 0.15) is 18.1 Å². The first kappa shape index (κ1) is 30.1. The topological polar surface area (TPSA) is 151 Å². The summed E-state index contributed by atoms with van der Waals surface area (Å²) in [6.45, 7) is 11.3. The molecule has 1 unspecified atom stereocenters. The highest BCUT2D eigenvalue weighted by Crippen LogP contribution is 2.12. The summed E-state index contributed by atoms with van der Waals surface area (Å²) in [7, 11) is 0. The highest BCUT2D eigenvalue weighted by Gasteiger charge is 2.32. The maximum absolute atomic E-state index is 13.2. The second kappa shape index (κ2) is 14.5. The fraction of sp³-hybridized carbons (Fsp3) is 0.615. The fourth-order valence-electron chi connectivity index (χ4n) is 3.80. The number of carbonyl (C=O) groups excluding carboxylic acids is 3. The van der Waals surface area contributed by atoms with Crippen LogP contribution < -0.4 is 21.7 Å². The minimum absolute atomic E-state index is 0.114. The van der Waals surface area contributed by atoms with Gasteiger partial charge < -0.3 is 21.5 Å². The lowest BCUT2D eigenvalue weighted by atomic mass is 9.97. The lowest BCUT2D eigenvalue weighted by Gasteiger charge is -2.29. The maximum Gasteiger partial charge on any atom is 0.320 e. The van der Waals surface area contributed by atoms with Crippen molar-refractivity contribution >= 4 is 23.7 Å². The molecule has 0 aliphatic rings. The van der Waals surface area contributed by atoms with Crippen LogP contribution in [0.1, 0.15) is 59.9 Å². The summed E-state index contributed by atoms with van der Waals surface area (Å²) >= 11 is 0. The predicted molar refractivity (Wildman–Crippen MR) is 135 cm³/mol. The summed E-state index contributed by atoms with van der Waals surface area (Å²) in [5, 5.41) is 18.0. The van der Waals surface area contributed by atoms with Gasteiger partial charge in [-0.05, 0) is 36.2 Å². The van der Waals surface area contributed by atoms with Crippen molar-refractivity contribution in [3.63, 3.8) is 0 Å². The van der Waals surface area contributed by atoms with Crippen LogP contribution in [-0.4, -0.2) is 53.0 Å². The zero-order chi connectivity index (χ0) is 26.7. The molecule has 3 amide bonds. The van der Waals surface area contributed by atoms with Crippen LogP contribution in [-0.2, 0) is 25.6 Å². The van der Waals surface area contributed by atoms with Gasteiger partial charge in [-0.3, -0.25) is 24.5 Å².